The van der Waals surface area contributed by atoms with Crippen LogP contribution in [-0.2, 0) is 0 Å². The number of nitrogens with one attached hydrogen (secondary N) is 2. The summed E-state index contributed by atoms with van der Waals surface area (Å²) in [6.45, 7) is -0.0896. The topological polar surface area (TPSA) is 81.6 Å². The average molecular weight is 250 g/mol. The zero-order chi connectivity index (χ0) is 13.0. The lowest BCUT2D eigenvalue weighted by Crippen LogP contribution is -2.28. The first-order valence-electron chi connectivity index (χ1n) is 6.13. The molecule has 1 saturated carbocycles. The molecule has 1 aromatic carbocycles. The average Bonchev–Trinajstić information content (AvgIpc) is 3.20. The van der Waals surface area contributed by atoms with Gasteiger partial charge in [-0.2, -0.15) is 0 Å². The standard InChI is InChI=1S/C13H18N2O3/c16-8-10(17)7-14-12-4-2-1-3-11(12)13(18)15-9-5-6-9/h1-4,9-10,14,16-17H,5-8H2,(H,15,18). The van der Waals surface area contributed by atoms with E-state index in [0.717, 1.165) is 12.8 Å². The molecule has 4 N–H and O–H groups in total. The van der Waals surface area contributed by atoms with Gasteiger partial charge in [-0.25, -0.2) is 0 Å². The van der Waals surface area contributed by atoms with Gasteiger partial charge < -0.3 is 20.8 Å². The molecule has 0 saturated heterocycles. The van der Waals surface area contributed by atoms with Crippen LogP contribution in [0.4, 0.5) is 5.69 Å². The maximum atomic E-state index is 12.0. The Hall–Kier alpha value is -1.59. The van der Waals surface area contributed by atoms with Crippen molar-refractivity contribution in [1.82, 2.24) is 5.32 Å². The molecule has 1 aliphatic carbocycles. The van der Waals surface area contributed by atoms with Gasteiger partial charge in [0.05, 0.1) is 18.3 Å². The molecule has 1 aliphatic rings. The molecule has 0 heterocycles. The quantitative estimate of drug-likeness (QED) is 0.587. The number of rotatable bonds is 6. The van der Waals surface area contributed by atoms with Gasteiger partial charge >= 0.3 is 0 Å². The van der Waals surface area contributed by atoms with Crippen molar-refractivity contribution < 1.29 is 15.0 Å². The predicted molar refractivity (Wildman–Crippen MR) is 68.5 cm³/mol. The Bertz CT molecular complexity index is 418. The van der Waals surface area contributed by atoms with Gasteiger partial charge in [0.15, 0.2) is 0 Å². The fourth-order valence-corrected chi connectivity index (χ4v) is 1.62. The number of para-hydroxylation sites is 1. The molecule has 2 rings (SSSR count). The summed E-state index contributed by atoms with van der Waals surface area (Å²) in [4.78, 5) is 12.0. The SMILES string of the molecule is O=C(NC1CC1)c1ccccc1NCC(O)CO. The van der Waals surface area contributed by atoms with Crippen LogP contribution in [0.1, 0.15) is 23.2 Å². The van der Waals surface area contributed by atoms with Crippen molar-refractivity contribution >= 4 is 11.6 Å². The lowest BCUT2D eigenvalue weighted by Gasteiger charge is -2.14. The highest BCUT2D eigenvalue weighted by Crippen LogP contribution is 2.21. The molecule has 1 atom stereocenters. The van der Waals surface area contributed by atoms with Crippen LogP contribution in [0.5, 0.6) is 0 Å². The minimum Gasteiger partial charge on any atom is -0.394 e. The van der Waals surface area contributed by atoms with Crippen molar-refractivity contribution in [1.29, 1.82) is 0 Å². The number of aliphatic hydroxyl groups is 2. The molecule has 5 nitrogen and oxygen atoms in total. The van der Waals surface area contributed by atoms with Crippen LogP contribution in [0.2, 0.25) is 0 Å². The normalized spacial score (nSPS) is 16.1. The summed E-state index contributed by atoms with van der Waals surface area (Å²) < 4.78 is 0. The maximum absolute atomic E-state index is 12.0. The molecule has 1 unspecified atom stereocenters. The van der Waals surface area contributed by atoms with Crippen LogP contribution in [0.3, 0.4) is 0 Å². The zero-order valence-corrected chi connectivity index (χ0v) is 10.1. The number of carbonyl (C=O) groups is 1. The lowest BCUT2D eigenvalue weighted by molar-refractivity contribution is 0.0950. The Morgan fingerprint density at radius 3 is 2.78 bits per heavy atom. The van der Waals surface area contributed by atoms with Gasteiger partial charge in [0.2, 0.25) is 0 Å². The van der Waals surface area contributed by atoms with E-state index in [4.69, 9.17) is 5.11 Å². The highest BCUT2D eigenvalue weighted by molar-refractivity contribution is 5.99. The van der Waals surface area contributed by atoms with E-state index in [-0.39, 0.29) is 19.1 Å². The van der Waals surface area contributed by atoms with Crippen molar-refractivity contribution in [3.8, 4) is 0 Å². The van der Waals surface area contributed by atoms with E-state index in [0.29, 0.717) is 17.3 Å². The van der Waals surface area contributed by atoms with Crippen LogP contribution in [0.15, 0.2) is 24.3 Å². The fraction of sp³-hybridized carbons (Fsp3) is 0.462. The third-order valence-corrected chi connectivity index (χ3v) is 2.82. The third-order valence-electron chi connectivity index (χ3n) is 2.82. The van der Waals surface area contributed by atoms with Gasteiger partial charge in [-0.15, -0.1) is 0 Å². The molecular weight excluding hydrogens is 232 g/mol. The van der Waals surface area contributed by atoms with Crippen molar-refractivity contribution in [2.75, 3.05) is 18.5 Å². The van der Waals surface area contributed by atoms with Crippen molar-refractivity contribution in [2.45, 2.75) is 25.0 Å². The van der Waals surface area contributed by atoms with E-state index in [1.807, 2.05) is 6.07 Å². The molecule has 0 radical (unpaired) electrons. The first kappa shape index (κ1) is 12.9. The van der Waals surface area contributed by atoms with Crippen molar-refractivity contribution in [3.63, 3.8) is 0 Å². The zero-order valence-electron chi connectivity index (χ0n) is 10.1. The Balaban J connectivity index is 2.01. The number of benzene rings is 1. The van der Waals surface area contributed by atoms with E-state index in [1.54, 1.807) is 18.2 Å². The Morgan fingerprint density at radius 1 is 1.39 bits per heavy atom. The molecule has 5 heteroatoms. The van der Waals surface area contributed by atoms with Gasteiger partial charge in [-0.05, 0) is 25.0 Å². The van der Waals surface area contributed by atoms with Crippen LogP contribution in [0.25, 0.3) is 0 Å². The minimum absolute atomic E-state index is 0.0981. The van der Waals surface area contributed by atoms with Gasteiger partial charge in [-0.3, -0.25) is 4.79 Å². The molecule has 0 bridgehead atoms. The first-order valence-corrected chi connectivity index (χ1v) is 6.13. The summed E-state index contributed by atoms with van der Waals surface area (Å²) in [6.07, 6.45) is 1.26. The minimum atomic E-state index is -0.829. The summed E-state index contributed by atoms with van der Waals surface area (Å²) >= 11 is 0. The van der Waals surface area contributed by atoms with E-state index in [2.05, 4.69) is 10.6 Å². The summed E-state index contributed by atoms with van der Waals surface area (Å²) in [5.74, 6) is -0.0981. The third kappa shape index (κ3) is 3.45. The molecule has 98 valence electrons. The van der Waals surface area contributed by atoms with Gasteiger partial charge in [0.25, 0.3) is 5.91 Å². The second-order valence-corrected chi connectivity index (χ2v) is 4.51. The second-order valence-electron chi connectivity index (χ2n) is 4.51. The van der Waals surface area contributed by atoms with Crippen molar-refractivity contribution in [3.05, 3.63) is 29.8 Å². The number of hydrogen-bond donors (Lipinski definition) is 4. The smallest absolute Gasteiger partial charge is 0.253 e. The highest BCUT2D eigenvalue weighted by atomic mass is 16.3. The number of carbonyl (C=O) groups excluding carboxylic acids is 1. The maximum Gasteiger partial charge on any atom is 0.253 e. The van der Waals surface area contributed by atoms with E-state index in [9.17, 15) is 9.90 Å². The summed E-state index contributed by atoms with van der Waals surface area (Å²) in [6, 6.07) is 7.46. The highest BCUT2D eigenvalue weighted by Gasteiger charge is 2.24. The number of aliphatic hydroxyl groups excluding tert-OH is 2. The van der Waals surface area contributed by atoms with E-state index in [1.165, 1.54) is 0 Å². The van der Waals surface area contributed by atoms with Crippen LogP contribution < -0.4 is 10.6 Å². The van der Waals surface area contributed by atoms with Crippen LogP contribution in [0, 0.1) is 0 Å². The predicted octanol–water partition coefficient (Wildman–Crippen LogP) is 0.344. The lowest BCUT2D eigenvalue weighted by atomic mass is 10.1. The Kier molecular flexibility index (Phi) is 4.17. The van der Waals surface area contributed by atoms with E-state index >= 15 is 0 Å². The second kappa shape index (κ2) is 5.84. The Morgan fingerprint density at radius 2 is 2.11 bits per heavy atom. The molecule has 18 heavy (non-hydrogen) atoms. The summed E-state index contributed by atoms with van der Waals surface area (Å²) in [5, 5.41) is 23.9. The number of hydrogen-bond acceptors (Lipinski definition) is 4. The summed E-state index contributed by atoms with van der Waals surface area (Å²) in [5.41, 5.74) is 1.23. The number of amides is 1. The van der Waals surface area contributed by atoms with Gasteiger partial charge in [-0.1, -0.05) is 12.1 Å². The molecule has 0 aliphatic heterocycles. The van der Waals surface area contributed by atoms with E-state index < -0.39 is 6.10 Å². The number of anilines is 1. The van der Waals surface area contributed by atoms with Crippen molar-refractivity contribution in [2.24, 2.45) is 0 Å². The first-order chi connectivity index (χ1) is 8.70. The molecule has 0 spiro atoms. The van der Waals surface area contributed by atoms with Crippen LogP contribution in [-0.4, -0.2) is 41.4 Å². The monoisotopic (exact) mass is 250 g/mol. The van der Waals surface area contributed by atoms with Gasteiger partial charge in [0, 0.05) is 18.3 Å². The summed E-state index contributed by atoms with van der Waals surface area (Å²) in [7, 11) is 0. The molecule has 1 fully saturated rings. The molecule has 0 aromatic heterocycles. The molecule has 1 amide bonds. The van der Waals surface area contributed by atoms with Crippen LogP contribution >= 0.6 is 0 Å². The Labute approximate surface area is 106 Å². The molecule has 1 aromatic rings. The fourth-order valence-electron chi connectivity index (χ4n) is 1.62. The largest absolute Gasteiger partial charge is 0.394 e. The molecular formula is C13H18N2O3. The van der Waals surface area contributed by atoms with Gasteiger partial charge in [0.1, 0.15) is 0 Å².